The maximum absolute atomic E-state index is 12.6. The number of hydrogen-bond acceptors (Lipinski definition) is 3. The molecule has 2 heterocycles. The quantitative estimate of drug-likeness (QED) is 0.813. The Labute approximate surface area is 138 Å². The molecule has 3 nitrogen and oxygen atoms in total. The van der Waals surface area contributed by atoms with E-state index in [0.29, 0.717) is 10.9 Å². The predicted octanol–water partition coefficient (Wildman–Crippen LogP) is 4.38. The number of rotatable bonds is 1. The van der Waals surface area contributed by atoms with Crippen molar-refractivity contribution >= 4 is 33.8 Å². The number of amides is 1. The molecule has 1 aliphatic carbocycles. The van der Waals surface area contributed by atoms with Crippen molar-refractivity contribution in [3.05, 3.63) is 50.9 Å². The number of benzene rings is 1. The molecule has 0 fully saturated rings. The zero-order chi connectivity index (χ0) is 15.3. The Hall–Kier alpha value is -1.52. The lowest BCUT2D eigenvalue weighted by molar-refractivity contribution is 0.0935. The largest absolute Gasteiger partial charge is 0.353 e. The summed E-state index contributed by atoms with van der Waals surface area (Å²) in [6.07, 6.45) is 3.09. The molecule has 1 aromatic heterocycles. The zero-order valence-corrected chi connectivity index (χ0v) is 13.9. The smallest absolute Gasteiger partial charge is 0.256 e. The molecule has 0 spiro atoms. The van der Waals surface area contributed by atoms with Gasteiger partial charge in [-0.3, -0.25) is 4.79 Å². The third-order valence-electron chi connectivity index (χ3n) is 4.49. The number of carbonyl (C=O) groups is 1. The lowest BCUT2D eigenvalue weighted by Crippen LogP contribution is -2.38. The highest BCUT2D eigenvalue weighted by molar-refractivity contribution is 7.16. The molecule has 2 atom stereocenters. The first-order valence-electron chi connectivity index (χ1n) is 7.59. The Morgan fingerprint density at radius 1 is 1.23 bits per heavy atom. The number of anilines is 1. The number of nitrogens with one attached hydrogen (secondary N) is 2. The summed E-state index contributed by atoms with van der Waals surface area (Å²) in [5.41, 5.74) is 3.15. The summed E-state index contributed by atoms with van der Waals surface area (Å²) in [5, 5.41) is 8.27. The van der Waals surface area contributed by atoms with Gasteiger partial charge in [0.25, 0.3) is 5.91 Å². The summed E-state index contributed by atoms with van der Waals surface area (Å²) in [5.74, 6) is 0.753. The average Bonchev–Trinajstić information content (AvgIpc) is 2.85. The Morgan fingerprint density at radius 2 is 2.00 bits per heavy atom. The van der Waals surface area contributed by atoms with Gasteiger partial charge >= 0.3 is 0 Å². The van der Waals surface area contributed by atoms with Crippen molar-refractivity contribution in [1.29, 1.82) is 0 Å². The fraction of sp³-hybridized carbons (Fsp3) is 0.353. The first-order valence-corrected chi connectivity index (χ1v) is 8.78. The van der Waals surface area contributed by atoms with Crippen molar-refractivity contribution in [1.82, 2.24) is 5.32 Å². The number of fused-ring (bicyclic) bond motifs is 3. The van der Waals surface area contributed by atoms with Gasteiger partial charge in [0.1, 0.15) is 11.2 Å². The van der Waals surface area contributed by atoms with E-state index < -0.39 is 0 Å². The summed E-state index contributed by atoms with van der Waals surface area (Å²) in [6.45, 7) is 2.28. The highest BCUT2D eigenvalue weighted by Gasteiger charge is 2.32. The predicted molar refractivity (Wildman–Crippen MR) is 90.8 cm³/mol. The van der Waals surface area contributed by atoms with Crippen LogP contribution in [0.1, 0.15) is 45.9 Å². The number of hydrogen-bond donors (Lipinski definition) is 2. The van der Waals surface area contributed by atoms with Crippen LogP contribution in [0.25, 0.3) is 0 Å². The number of halogens is 1. The molecule has 2 N–H and O–H groups in total. The van der Waals surface area contributed by atoms with E-state index in [-0.39, 0.29) is 12.1 Å². The van der Waals surface area contributed by atoms with E-state index in [1.54, 1.807) is 11.3 Å². The molecule has 2 aromatic rings. The molecule has 22 heavy (non-hydrogen) atoms. The topological polar surface area (TPSA) is 41.1 Å². The van der Waals surface area contributed by atoms with Crippen LogP contribution in [-0.2, 0) is 12.8 Å². The van der Waals surface area contributed by atoms with Gasteiger partial charge in [-0.2, -0.15) is 0 Å². The summed E-state index contributed by atoms with van der Waals surface area (Å²) in [6, 6.07) is 7.59. The highest BCUT2D eigenvalue weighted by atomic mass is 35.5. The van der Waals surface area contributed by atoms with Crippen LogP contribution in [0, 0.1) is 5.92 Å². The Bertz CT molecular complexity index is 738. The van der Waals surface area contributed by atoms with Crippen LogP contribution >= 0.6 is 22.9 Å². The molecule has 1 amide bonds. The van der Waals surface area contributed by atoms with Crippen molar-refractivity contribution in [2.45, 2.75) is 32.4 Å². The van der Waals surface area contributed by atoms with Crippen LogP contribution in [0.5, 0.6) is 0 Å². The van der Waals surface area contributed by atoms with Gasteiger partial charge in [-0.05, 0) is 48.4 Å². The van der Waals surface area contributed by atoms with E-state index in [1.807, 2.05) is 24.3 Å². The molecule has 4 rings (SSSR count). The minimum Gasteiger partial charge on any atom is -0.353 e. The van der Waals surface area contributed by atoms with Crippen LogP contribution < -0.4 is 10.6 Å². The zero-order valence-electron chi connectivity index (χ0n) is 12.3. The van der Waals surface area contributed by atoms with Gasteiger partial charge in [0.15, 0.2) is 0 Å². The van der Waals surface area contributed by atoms with Gasteiger partial charge in [-0.1, -0.05) is 30.7 Å². The minimum atomic E-state index is -0.185. The first kappa shape index (κ1) is 14.1. The number of carbonyl (C=O) groups excluding carboxylic acids is 1. The average molecular weight is 333 g/mol. The normalized spacial score (nSPS) is 23.3. The second-order valence-electron chi connectivity index (χ2n) is 6.16. The maximum Gasteiger partial charge on any atom is 0.256 e. The Balaban J connectivity index is 1.69. The molecule has 2 unspecified atom stereocenters. The molecule has 5 heteroatoms. The summed E-state index contributed by atoms with van der Waals surface area (Å²) in [7, 11) is 0. The minimum absolute atomic E-state index is 0.0424. The van der Waals surface area contributed by atoms with Crippen molar-refractivity contribution in [2.75, 3.05) is 5.32 Å². The fourth-order valence-electron chi connectivity index (χ4n) is 3.28. The SMILES string of the molecule is CC1CCc2c(sc3c2C(=O)NC(c2ccc(Cl)cc2)N3)C1. The lowest BCUT2D eigenvalue weighted by atomic mass is 9.88. The summed E-state index contributed by atoms with van der Waals surface area (Å²) in [4.78, 5) is 14.0. The lowest BCUT2D eigenvalue weighted by Gasteiger charge is -2.27. The van der Waals surface area contributed by atoms with E-state index in [1.165, 1.54) is 16.9 Å². The molecular weight excluding hydrogens is 316 g/mol. The van der Waals surface area contributed by atoms with Gasteiger partial charge in [-0.25, -0.2) is 0 Å². The van der Waals surface area contributed by atoms with E-state index >= 15 is 0 Å². The van der Waals surface area contributed by atoms with Crippen molar-refractivity contribution < 1.29 is 4.79 Å². The Kier molecular flexibility index (Phi) is 3.39. The van der Waals surface area contributed by atoms with Crippen LogP contribution in [-0.4, -0.2) is 5.91 Å². The molecule has 0 saturated heterocycles. The van der Waals surface area contributed by atoms with E-state index in [9.17, 15) is 4.79 Å². The molecule has 1 aliphatic heterocycles. The highest BCUT2D eigenvalue weighted by Crippen LogP contribution is 2.42. The van der Waals surface area contributed by atoms with Gasteiger partial charge in [0, 0.05) is 9.90 Å². The summed E-state index contributed by atoms with van der Waals surface area (Å²) >= 11 is 7.69. The third kappa shape index (κ3) is 2.31. The van der Waals surface area contributed by atoms with E-state index in [4.69, 9.17) is 11.6 Å². The summed E-state index contributed by atoms with van der Waals surface area (Å²) < 4.78 is 0. The van der Waals surface area contributed by atoms with E-state index in [2.05, 4.69) is 17.6 Å². The molecule has 0 bridgehead atoms. The van der Waals surface area contributed by atoms with Crippen LogP contribution in [0.15, 0.2) is 24.3 Å². The van der Waals surface area contributed by atoms with Gasteiger partial charge in [-0.15, -0.1) is 11.3 Å². The standard InChI is InChI=1S/C17H17ClN2OS/c1-9-2-7-12-13(8-9)22-17-14(12)16(21)19-15(20-17)10-3-5-11(18)6-4-10/h3-6,9,15,20H,2,7-8H2,1H3,(H,19,21). The number of thiophene rings is 1. The molecule has 2 aliphatic rings. The monoisotopic (exact) mass is 332 g/mol. The third-order valence-corrected chi connectivity index (χ3v) is 5.93. The van der Waals surface area contributed by atoms with Gasteiger partial charge < -0.3 is 10.6 Å². The Morgan fingerprint density at radius 3 is 2.77 bits per heavy atom. The molecule has 0 radical (unpaired) electrons. The second kappa shape index (κ2) is 5.28. The van der Waals surface area contributed by atoms with Gasteiger partial charge in [0.2, 0.25) is 0 Å². The van der Waals surface area contributed by atoms with Crippen molar-refractivity contribution in [3.63, 3.8) is 0 Å². The van der Waals surface area contributed by atoms with Crippen LogP contribution in [0.4, 0.5) is 5.00 Å². The van der Waals surface area contributed by atoms with Gasteiger partial charge in [0.05, 0.1) is 5.56 Å². The van der Waals surface area contributed by atoms with Crippen LogP contribution in [0.3, 0.4) is 0 Å². The molecule has 1 aromatic carbocycles. The van der Waals surface area contributed by atoms with E-state index in [0.717, 1.165) is 29.0 Å². The first-order chi connectivity index (χ1) is 10.6. The van der Waals surface area contributed by atoms with Crippen molar-refractivity contribution in [2.24, 2.45) is 5.92 Å². The fourth-order valence-corrected chi connectivity index (χ4v) is 4.85. The van der Waals surface area contributed by atoms with Crippen molar-refractivity contribution in [3.8, 4) is 0 Å². The van der Waals surface area contributed by atoms with Crippen LogP contribution in [0.2, 0.25) is 5.02 Å². The maximum atomic E-state index is 12.6. The molecular formula is C17H17ClN2OS. The second-order valence-corrected chi connectivity index (χ2v) is 7.70. The molecule has 0 saturated carbocycles. The molecule has 114 valence electrons.